The number of amides is 2. The van der Waals surface area contributed by atoms with Crippen LogP contribution in [0.5, 0.6) is 0 Å². The first kappa shape index (κ1) is 16.7. The Morgan fingerprint density at radius 3 is 2.28 bits per heavy atom. The highest BCUT2D eigenvalue weighted by Crippen LogP contribution is 2.12. The number of urea groups is 1. The van der Waals surface area contributed by atoms with E-state index in [2.05, 4.69) is 10.6 Å². The lowest BCUT2D eigenvalue weighted by Crippen LogP contribution is -2.49. The van der Waals surface area contributed by atoms with E-state index in [9.17, 15) is 9.59 Å². The lowest BCUT2D eigenvalue weighted by Gasteiger charge is -2.28. The topological polar surface area (TPSA) is 78.4 Å². The molecule has 5 nitrogen and oxygen atoms in total. The summed E-state index contributed by atoms with van der Waals surface area (Å²) in [6.07, 6.45) is 3.02. The second-order valence-corrected chi connectivity index (χ2v) is 5.03. The molecular weight excluding hydrogens is 232 g/mol. The molecule has 1 unspecified atom stereocenters. The lowest BCUT2D eigenvalue weighted by molar-refractivity contribution is -0.141. The molecule has 3 N–H and O–H groups in total. The Morgan fingerprint density at radius 2 is 1.83 bits per heavy atom. The Labute approximate surface area is 109 Å². The molecule has 0 saturated heterocycles. The molecule has 0 aliphatic carbocycles. The molecule has 1 atom stereocenters. The third-order valence-electron chi connectivity index (χ3n) is 3.50. The first-order valence-corrected chi connectivity index (χ1v) is 6.63. The molecule has 0 aromatic heterocycles. The average molecular weight is 258 g/mol. The Kier molecular flexibility index (Phi) is 7.39. The maximum atomic E-state index is 11.6. The van der Waals surface area contributed by atoms with E-state index in [-0.39, 0.29) is 17.5 Å². The summed E-state index contributed by atoms with van der Waals surface area (Å²) in [5, 5.41) is 14.4. The number of aliphatic carboxylic acids is 1. The minimum Gasteiger partial charge on any atom is -0.481 e. The van der Waals surface area contributed by atoms with Crippen molar-refractivity contribution < 1.29 is 14.7 Å². The van der Waals surface area contributed by atoms with Gasteiger partial charge >= 0.3 is 12.0 Å². The Morgan fingerprint density at radius 1 is 1.28 bits per heavy atom. The largest absolute Gasteiger partial charge is 0.481 e. The summed E-state index contributed by atoms with van der Waals surface area (Å²) in [6, 6.07) is -0.177. The number of carbonyl (C=O) groups is 2. The highest BCUT2D eigenvalue weighted by Gasteiger charge is 2.21. The highest BCUT2D eigenvalue weighted by atomic mass is 16.4. The summed E-state index contributed by atoms with van der Waals surface area (Å²) in [5.74, 6) is -1.14. The smallest absolute Gasteiger partial charge is 0.315 e. The molecule has 0 aromatic carbocycles. The highest BCUT2D eigenvalue weighted by molar-refractivity contribution is 5.74. The van der Waals surface area contributed by atoms with Crippen molar-refractivity contribution in [2.24, 2.45) is 5.92 Å². The second-order valence-electron chi connectivity index (χ2n) is 5.03. The zero-order valence-electron chi connectivity index (χ0n) is 11.9. The summed E-state index contributed by atoms with van der Waals surface area (Å²) in [4.78, 5) is 22.2. The summed E-state index contributed by atoms with van der Waals surface area (Å²) in [6.45, 7) is 8.27. The fourth-order valence-electron chi connectivity index (χ4n) is 1.48. The van der Waals surface area contributed by atoms with E-state index in [0.29, 0.717) is 19.4 Å². The fraction of sp³-hybridized carbons (Fsp3) is 0.846. The monoisotopic (exact) mass is 258 g/mol. The molecular formula is C13H26N2O3. The van der Waals surface area contributed by atoms with Crippen molar-refractivity contribution >= 4 is 12.0 Å². The molecule has 0 saturated carbocycles. The van der Waals surface area contributed by atoms with Crippen LogP contribution in [0.3, 0.4) is 0 Å². The number of rotatable bonds is 8. The zero-order chi connectivity index (χ0) is 14.2. The summed E-state index contributed by atoms with van der Waals surface area (Å²) in [7, 11) is 0. The molecule has 0 aliphatic heterocycles. The van der Waals surface area contributed by atoms with Crippen molar-refractivity contribution in [3.05, 3.63) is 0 Å². The van der Waals surface area contributed by atoms with Gasteiger partial charge in [0, 0.05) is 12.1 Å². The van der Waals surface area contributed by atoms with Crippen molar-refractivity contribution in [3.8, 4) is 0 Å². The van der Waals surface area contributed by atoms with E-state index in [1.807, 2.05) is 20.8 Å². The van der Waals surface area contributed by atoms with Crippen LogP contribution in [-0.4, -0.2) is 29.2 Å². The van der Waals surface area contributed by atoms with Gasteiger partial charge in [-0.3, -0.25) is 4.79 Å². The summed E-state index contributed by atoms with van der Waals surface area (Å²) < 4.78 is 0. The Balaban J connectivity index is 3.81. The third kappa shape index (κ3) is 6.47. The Bertz CT molecular complexity index is 275. The van der Waals surface area contributed by atoms with Gasteiger partial charge in [-0.25, -0.2) is 4.79 Å². The van der Waals surface area contributed by atoms with Crippen LogP contribution >= 0.6 is 0 Å². The van der Waals surface area contributed by atoms with Gasteiger partial charge in [0.15, 0.2) is 0 Å². The van der Waals surface area contributed by atoms with Gasteiger partial charge in [0.25, 0.3) is 0 Å². The predicted octanol–water partition coefficient (Wildman–Crippen LogP) is 2.37. The van der Waals surface area contributed by atoms with Crippen LogP contribution < -0.4 is 10.6 Å². The molecule has 18 heavy (non-hydrogen) atoms. The van der Waals surface area contributed by atoms with Crippen molar-refractivity contribution in [2.75, 3.05) is 6.54 Å². The first-order valence-electron chi connectivity index (χ1n) is 6.63. The zero-order valence-corrected chi connectivity index (χ0v) is 11.9. The van der Waals surface area contributed by atoms with Crippen LogP contribution in [0.2, 0.25) is 0 Å². The molecule has 0 fully saturated rings. The van der Waals surface area contributed by atoms with E-state index < -0.39 is 5.97 Å². The molecule has 106 valence electrons. The van der Waals surface area contributed by atoms with Gasteiger partial charge in [0.05, 0.1) is 5.92 Å². The molecule has 0 radical (unpaired) electrons. The van der Waals surface area contributed by atoms with E-state index in [1.54, 1.807) is 6.92 Å². The quantitative estimate of drug-likeness (QED) is 0.585. The molecule has 0 bridgehead atoms. The number of carbonyl (C=O) groups excluding carboxylic acids is 1. The Hall–Kier alpha value is -1.26. The van der Waals surface area contributed by atoms with E-state index in [1.165, 1.54) is 0 Å². The predicted molar refractivity (Wildman–Crippen MR) is 71.6 cm³/mol. The van der Waals surface area contributed by atoms with E-state index in [0.717, 1.165) is 12.8 Å². The fourth-order valence-corrected chi connectivity index (χ4v) is 1.48. The van der Waals surface area contributed by atoms with Gasteiger partial charge in [0.1, 0.15) is 0 Å². The van der Waals surface area contributed by atoms with Gasteiger partial charge < -0.3 is 15.7 Å². The van der Waals surface area contributed by atoms with E-state index in [4.69, 9.17) is 5.11 Å². The van der Waals surface area contributed by atoms with Gasteiger partial charge in [-0.15, -0.1) is 0 Å². The number of nitrogens with one attached hydrogen (secondary N) is 2. The lowest BCUT2D eigenvalue weighted by atomic mass is 9.96. The van der Waals surface area contributed by atoms with Crippen LogP contribution in [-0.2, 0) is 4.79 Å². The van der Waals surface area contributed by atoms with Crippen LogP contribution in [0.1, 0.15) is 53.4 Å². The second kappa shape index (κ2) is 7.95. The minimum absolute atomic E-state index is 0.168. The molecule has 0 rings (SSSR count). The summed E-state index contributed by atoms with van der Waals surface area (Å²) in [5.41, 5.74) is -0.168. The molecule has 0 heterocycles. The van der Waals surface area contributed by atoms with Crippen molar-refractivity contribution in [3.63, 3.8) is 0 Å². The van der Waals surface area contributed by atoms with E-state index >= 15 is 0 Å². The van der Waals surface area contributed by atoms with Gasteiger partial charge in [-0.2, -0.15) is 0 Å². The van der Waals surface area contributed by atoms with Crippen molar-refractivity contribution in [2.45, 2.75) is 58.9 Å². The van der Waals surface area contributed by atoms with Gasteiger partial charge in [0.2, 0.25) is 0 Å². The number of hydrogen-bond donors (Lipinski definition) is 3. The number of hydrogen-bond acceptors (Lipinski definition) is 2. The minimum atomic E-state index is -0.788. The number of carboxylic acids is 1. The third-order valence-corrected chi connectivity index (χ3v) is 3.50. The normalized spacial score (nSPS) is 12.9. The van der Waals surface area contributed by atoms with Gasteiger partial charge in [-0.05, 0) is 32.6 Å². The summed E-state index contributed by atoms with van der Waals surface area (Å²) >= 11 is 0. The van der Waals surface area contributed by atoms with Crippen molar-refractivity contribution in [1.82, 2.24) is 10.6 Å². The maximum absolute atomic E-state index is 11.6. The van der Waals surface area contributed by atoms with Crippen LogP contribution in [0.4, 0.5) is 4.79 Å². The maximum Gasteiger partial charge on any atom is 0.315 e. The SMILES string of the molecule is CCC(C)(CC)NC(=O)NCCCC(C)C(=O)O. The molecule has 0 spiro atoms. The van der Waals surface area contributed by atoms with Crippen LogP contribution in [0.15, 0.2) is 0 Å². The molecule has 2 amide bonds. The molecule has 0 aliphatic rings. The first-order chi connectivity index (χ1) is 8.34. The van der Waals surface area contributed by atoms with Crippen LogP contribution in [0.25, 0.3) is 0 Å². The van der Waals surface area contributed by atoms with Crippen molar-refractivity contribution in [1.29, 1.82) is 0 Å². The average Bonchev–Trinajstić information content (AvgIpc) is 2.33. The molecule has 0 aromatic rings. The number of carboxylic acid groups (broad SMARTS) is 1. The molecule has 5 heteroatoms. The standard InChI is InChI=1S/C13H26N2O3/c1-5-13(4,6-2)15-12(18)14-9-7-8-10(3)11(16)17/h10H,5-9H2,1-4H3,(H,16,17)(H2,14,15,18). The van der Waals surface area contributed by atoms with Gasteiger partial charge in [-0.1, -0.05) is 20.8 Å². The van der Waals surface area contributed by atoms with Crippen LogP contribution in [0, 0.1) is 5.92 Å².